The van der Waals surface area contributed by atoms with Crippen LogP contribution >= 0.6 is 0 Å². The lowest BCUT2D eigenvalue weighted by Gasteiger charge is -2.13. The molecule has 0 saturated carbocycles. The smallest absolute Gasteiger partial charge is 0.417 e. The topological polar surface area (TPSA) is 83.6 Å². The second-order valence-electron chi connectivity index (χ2n) is 3.35. The number of aromatic hydroxyl groups is 2. The van der Waals surface area contributed by atoms with Gasteiger partial charge in [0.15, 0.2) is 17.3 Å². The molecule has 0 amide bonds. The van der Waals surface area contributed by atoms with E-state index >= 15 is 0 Å². The van der Waals surface area contributed by atoms with Gasteiger partial charge in [-0.15, -0.1) is 0 Å². The maximum absolute atomic E-state index is 12.6. The highest BCUT2D eigenvalue weighted by molar-refractivity contribution is 5.98. The molecule has 0 bridgehead atoms. The Morgan fingerprint density at radius 3 is 2.24 bits per heavy atom. The van der Waals surface area contributed by atoms with E-state index in [-0.39, 0.29) is 13.0 Å². The summed E-state index contributed by atoms with van der Waals surface area (Å²) in [5.41, 5.74) is 3.10. The second kappa shape index (κ2) is 4.62. The molecule has 7 heteroatoms. The number of benzene rings is 1. The molecule has 0 aliphatic carbocycles. The van der Waals surface area contributed by atoms with Gasteiger partial charge in [0.05, 0.1) is 5.56 Å². The van der Waals surface area contributed by atoms with Crippen LogP contribution in [-0.2, 0) is 6.18 Å². The number of hydrogen-bond acceptors (Lipinski definition) is 4. The predicted molar refractivity (Wildman–Crippen MR) is 52.8 cm³/mol. The van der Waals surface area contributed by atoms with Gasteiger partial charge in [-0.05, 0) is 18.7 Å². The number of hydrogen-bond donors (Lipinski definition) is 3. The number of carbonyl (C=O) groups excluding carboxylic acids is 1. The van der Waals surface area contributed by atoms with Gasteiger partial charge in [-0.3, -0.25) is 4.79 Å². The van der Waals surface area contributed by atoms with Crippen molar-refractivity contribution in [1.82, 2.24) is 0 Å². The minimum absolute atomic E-state index is 0.0994. The zero-order valence-corrected chi connectivity index (χ0v) is 8.58. The van der Waals surface area contributed by atoms with Gasteiger partial charge in [-0.2, -0.15) is 13.2 Å². The van der Waals surface area contributed by atoms with Gasteiger partial charge in [0, 0.05) is 12.0 Å². The van der Waals surface area contributed by atoms with Gasteiger partial charge >= 0.3 is 6.18 Å². The van der Waals surface area contributed by atoms with Crippen molar-refractivity contribution in [3.63, 3.8) is 0 Å². The van der Waals surface area contributed by atoms with Crippen LogP contribution in [0, 0.1) is 0 Å². The summed E-state index contributed by atoms with van der Waals surface area (Å²) >= 11 is 0. The normalized spacial score (nSPS) is 11.5. The van der Waals surface area contributed by atoms with Crippen molar-refractivity contribution in [2.45, 2.75) is 12.6 Å². The van der Waals surface area contributed by atoms with Crippen LogP contribution in [0.4, 0.5) is 13.2 Å². The minimum Gasteiger partial charge on any atom is -0.504 e. The highest BCUT2D eigenvalue weighted by atomic mass is 19.4. The van der Waals surface area contributed by atoms with Crippen LogP contribution in [0.3, 0.4) is 0 Å². The lowest BCUT2D eigenvalue weighted by atomic mass is 10.00. The van der Waals surface area contributed by atoms with Gasteiger partial charge in [0.25, 0.3) is 0 Å². The molecule has 94 valence electrons. The average Bonchev–Trinajstić information content (AvgIpc) is 2.20. The molecule has 0 radical (unpaired) electrons. The second-order valence-corrected chi connectivity index (χ2v) is 3.35. The van der Waals surface area contributed by atoms with E-state index in [1.165, 1.54) is 0 Å². The standard InChI is InChI=1S/C10H10F3NO3/c11-10(12,13)6-4-9(17)8(16)3-5(6)7(15)1-2-14/h3-4,16-17H,1-2,14H2. The quantitative estimate of drug-likeness (QED) is 0.561. The minimum atomic E-state index is -4.79. The molecular weight excluding hydrogens is 239 g/mol. The van der Waals surface area contributed by atoms with E-state index in [1.807, 2.05) is 0 Å². The Labute approximate surface area is 94.5 Å². The fourth-order valence-electron chi connectivity index (χ4n) is 1.31. The van der Waals surface area contributed by atoms with Gasteiger partial charge in [0.1, 0.15) is 0 Å². The first-order valence-corrected chi connectivity index (χ1v) is 4.63. The van der Waals surface area contributed by atoms with E-state index < -0.39 is 34.6 Å². The van der Waals surface area contributed by atoms with E-state index in [1.54, 1.807) is 0 Å². The van der Waals surface area contributed by atoms with E-state index in [2.05, 4.69) is 0 Å². The van der Waals surface area contributed by atoms with Crippen LogP contribution in [-0.4, -0.2) is 22.5 Å². The van der Waals surface area contributed by atoms with Crippen LogP contribution in [0.15, 0.2) is 12.1 Å². The van der Waals surface area contributed by atoms with Gasteiger partial charge in [-0.1, -0.05) is 0 Å². The van der Waals surface area contributed by atoms with Crippen molar-refractivity contribution in [1.29, 1.82) is 0 Å². The van der Waals surface area contributed by atoms with Crippen molar-refractivity contribution in [2.24, 2.45) is 5.73 Å². The Kier molecular flexibility index (Phi) is 3.62. The summed E-state index contributed by atoms with van der Waals surface area (Å²) in [6, 6.07) is 0.912. The SMILES string of the molecule is NCCC(=O)c1cc(O)c(O)cc1C(F)(F)F. The molecule has 4 N–H and O–H groups in total. The summed E-state index contributed by atoms with van der Waals surface area (Å²) < 4.78 is 37.8. The van der Waals surface area contributed by atoms with E-state index in [0.717, 1.165) is 0 Å². The molecule has 0 fully saturated rings. The summed E-state index contributed by atoms with van der Waals surface area (Å²) in [6.45, 7) is -0.0994. The fraction of sp³-hybridized carbons (Fsp3) is 0.300. The Balaban J connectivity index is 3.36. The molecular formula is C10H10F3NO3. The monoisotopic (exact) mass is 249 g/mol. The van der Waals surface area contributed by atoms with E-state index in [0.29, 0.717) is 12.1 Å². The molecule has 0 aromatic heterocycles. The maximum Gasteiger partial charge on any atom is 0.417 e. The molecule has 4 nitrogen and oxygen atoms in total. The third kappa shape index (κ3) is 2.88. The number of ketones is 1. The van der Waals surface area contributed by atoms with Crippen molar-refractivity contribution in [2.75, 3.05) is 6.54 Å². The molecule has 0 atom stereocenters. The molecule has 1 rings (SSSR count). The largest absolute Gasteiger partial charge is 0.504 e. The molecule has 0 heterocycles. The number of carbonyl (C=O) groups is 1. The van der Waals surface area contributed by atoms with E-state index in [4.69, 9.17) is 15.9 Å². The Hall–Kier alpha value is -1.76. The number of phenolic OH excluding ortho intramolecular Hbond substituents is 2. The average molecular weight is 249 g/mol. The van der Waals surface area contributed by atoms with Gasteiger partial charge < -0.3 is 15.9 Å². The van der Waals surface area contributed by atoms with Crippen LogP contribution in [0.25, 0.3) is 0 Å². The van der Waals surface area contributed by atoms with Gasteiger partial charge in [-0.25, -0.2) is 0 Å². The summed E-state index contributed by atoms with van der Waals surface area (Å²) in [6.07, 6.45) is -5.06. The van der Waals surface area contributed by atoms with Crippen molar-refractivity contribution < 1.29 is 28.2 Å². The van der Waals surface area contributed by atoms with Crippen molar-refractivity contribution >= 4 is 5.78 Å². The number of phenols is 2. The molecule has 0 aliphatic heterocycles. The summed E-state index contributed by atoms with van der Waals surface area (Å²) in [7, 11) is 0. The molecule has 0 unspecified atom stereocenters. The molecule has 1 aromatic carbocycles. The number of rotatable bonds is 3. The summed E-state index contributed by atoms with van der Waals surface area (Å²) in [4.78, 5) is 11.4. The third-order valence-corrected chi connectivity index (χ3v) is 2.09. The van der Waals surface area contributed by atoms with Crippen LogP contribution in [0.5, 0.6) is 11.5 Å². The van der Waals surface area contributed by atoms with Crippen LogP contribution in [0.1, 0.15) is 22.3 Å². The highest BCUT2D eigenvalue weighted by Gasteiger charge is 2.36. The molecule has 1 aromatic rings. The fourth-order valence-corrected chi connectivity index (χ4v) is 1.31. The first kappa shape index (κ1) is 13.3. The van der Waals surface area contributed by atoms with Crippen LogP contribution < -0.4 is 5.73 Å². The lowest BCUT2D eigenvalue weighted by Crippen LogP contribution is -2.15. The zero-order chi connectivity index (χ0) is 13.2. The number of nitrogens with two attached hydrogens (primary N) is 1. The number of halogens is 3. The molecule has 0 saturated heterocycles. The predicted octanol–water partition coefficient (Wildman–Crippen LogP) is 1.65. The highest BCUT2D eigenvalue weighted by Crippen LogP contribution is 2.38. The molecule has 0 spiro atoms. The Bertz CT molecular complexity index is 443. The zero-order valence-electron chi connectivity index (χ0n) is 8.58. The summed E-state index contributed by atoms with van der Waals surface area (Å²) in [5, 5.41) is 18.1. The maximum atomic E-state index is 12.6. The van der Waals surface area contributed by atoms with Crippen molar-refractivity contribution in [3.8, 4) is 11.5 Å². The number of Topliss-reactive ketones (excluding diaryl/α,β-unsaturated/α-hetero) is 1. The molecule has 17 heavy (non-hydrogen) atoms. The molecule has 0 aliphatic rings. The lowest BCUT2D eigenvalue weighted by molar-refractivity contribution is -0.138. The summed E-state index contributed by atoms with van der Waals surface area (Å²) in [5.74, 6) is -2.55. The third-order valence-electron chi connectivity index (χ3n) is 2.09. The Morgan fingerprint density at radius 1 is 1.24 bits per heavy atom. The number of alkyl halides is 3. The van der Waals surface area contributed by atoms with Crippen molar-refractivity contribution in [3.05, 3.63) is 23.3 Å². The van der Waals surface area contributed by atoms with Crippen LogP contribution in [0.2, 0.25) is 0 Å². The first-order chi connectivity index (χ1) is 7.77. The van der Waals surface area contributed by atoms with Gasteiger partial charge in [0.2, 0.25) is 0 Å². The van der Waals surface area contributed by atoms with E-state index in [9.17, 15) is 18.0 Å². The first-order valence-electron chi connectivity index (χ1n) is 4.63. The Morgan fingerprint density at radius 2 is 1.76 bits per heavy atom.